The van der Waals surface area contributed by atoms with Crippen LogP contribution in [0, 0.1) is 6.92 Å². The van der Waals surface area contributed by atoms with Crippen molar-refractivity contribution in [1.29, 1.82) is 0 Å². The molecule has 0 saturated heterocycles. The Morgan fingerprint density at radius 2 is 2.05 bits per heavy atom. The second-order valence-electron chi connectivity index (χ2n) is 5.51. The Bertz CT molecular complexity index is 438. The van der Waals surface area contributed by atoms with Gasteiger partial charge in [-0.2, -0.15) is 0 Å². The molecule has 1 saturated carbocycles. The molecule has 1 amide bonds. The Morgan fingerprint density at radius 3 is 2.58 bits per heavy atom. The Hall–Kier alpha value is -1.55. The largest absolute Gasteiger partial charge is 0.491 e. The molecule has 1 aromatic rings. The smallest absolute Gasteiger partial charge is 0.240 e. The van der Waals surface area contributed by atoms with Gasteiger partial charge in [-0.25, -0.2) is 0 Å². The SMILES string of the molecule is Cc1ccc(OCC(C)NC(=O)C2(N)CCC2)cc1. The van der Waals surface area contributed by atoms with Gasteiger partial charge in [-0.3, -0.25) is 4.79 Å². The summed E-state index contributed by atoms with van der Waals surface area (Å²) in [6.07, 6.45) is 2.60. The van der Waals surface area contributed by atoms with Gasteiger partial charge in [-0.1, -0.05) is 17.7 Å². The maximum Gasteiger partial charge on any atom is 0.240 e. The molecule has 1 aromatic carbocycles. The van der Waals surface area contributed by atoms with Crippen molar-refractivity contribution in [1.82, 2.24) is 5.32 Å². The Morgan fingerprint density at radius 1 is 1.42 bits per heavy atom. The third-order valence-corrected chi connectivity index (χ3v) is 3.60. The summed E-state index contributed by atoms with van der Waals surface area (Å²) in [6, 6.07) is 7.82. The normalized spacial score (nSPS) is 18.3. The number of amides is 1. The zero-order chi connectivity index (χ0) is 13.9. The molecule has 2 rings (SSSR count). The monoisotopic (exact) mass is 262 g/mol. The molecule has 3 N–H and O–H groups in total. The van der Waals surface area contributed by atoms with Gasteiger partial charge in [0.2, 0.25) is 5.91 Å². The number of benzene rings is 1. The highest BCUT2D eigenvalue weighted by atomic mass is 16.5. The molecule has 0 radical (unpaired) electrons. The Labute approximate surface area is 114 Å². The number of hydrogen-bond acceptors (Lipinski definition) is 3. The number of rotatable bonds is 5. The molecule has 0 aromatic heterocycles. The van der Waals surface area contributed by atoms with Crippen LogP contribution in [-0.2, 0) is 4.79 Å². The molecular formula is C15H22N2O2. The highest BCUT2D eigenvalue weighted by Gasteiger charge is 2.40. The fraction of sp³-hybridized carbons (Fsp3) is 0.533. The van der Waals surface area contributed by atoms with Crippen LogP contribution >= 0.6 is 0 Å². The fourth-order valence-corrected chi connectivity index (χ4v) is 2.05. The van der Waals surface area contributed by atoms with Gasteiger partial charge in [0.15, 0.2) is 0 Å². The van der Waals surface area contributed by atoms with Crippen molar-refractivity contribution in [3.8, 4) is 5.75 Å². The van der Waals surface area contributed by atoms with Crippen LogP contribution in [0.1, 0.15) is 31.7 Å². The summed E-state index contributed by atoms with van der Waals surface area (Å²) in [5.74, 6) is 0.761. The van der Waals surface area contributed by atoms with E-state index in [1.54, 1.807) is 0 Å². The van der Waals surface area contributed by atoms with Gasteiger partial charge in [-0.05, 0) is 45.2 Å². The molecule has 4 heteroatoms. The molecule has 1 aliphatic rings. The van der Waals surface area contributed by atoms with Crippen LogP contribution in [-0.4, -0.2) is 24.1 Å². The summed E-state index contributed by atoms with van der Waals surface area (Å²) in [5.41, 5.74) is 6.52. The van der Waals surface area contributed by atoms with Crippen molar-refractivity contribution in [2.75, 3.05) is 6.61 Å². The molecule has 1 aliphatic carbocycles. The third-order valence-electron chi connectivity index (χ3n) is 3.60. The molecule has 0 aliphatic heterocycles. The minimum Gasteiger partial charge on any atom is -0.491 e. The first-order valence-electron chi connectivity index (χ1n) is 6.79. The van der Waals surface area contributed by atoms with E-state index in [9.17, 15) is 4.79 Å². The molecular weight excluding hydrogens is 240 g/mol. The van der Waals surface area contributed by atoms with Crippen molar-refractivity contribution in [3.63, 3.8) is 0 Å². The summed E-state index contributed by atoms with van der Waals surface area (Å²) < 4.78 is 5.63. The van der Waals surface area contributed by atoms with Crippen LogP contribution in [0.2, 0.25) is 0 Å². The third kappa shape index (κ3) is 3.47. The van der Waals surface area contributed by atoms with E-state index in [2.05, 4.69) is 5.32 Å². The summed E-state index contributed by atoms with van der Waals surface area (Å²) in [6.45, 7) is 4.41. The van der Waals surface area contributed by atoms with E-state index in [1.807, 2.05) is 38.1 Å². The van der Waals surface area contributed by atoms with Gasteiger partial charge >= 0.3 is 0 Å². The van der Waals surface area contributed by atoms with Gasteiger partial charge in [0, 0.05) is 0 Å². The number of aryl methyl sites for hydroxylation is 1. The first-order valence-corrected chi connectivity index (χ1v) is 6.79. The maximum absolute atomic E-state index is 11.9. The number of nitrogens with two attached hydrogens (primary N) is 1. The molecule has 19 heavy (non-hydrogen) atoms. The van der Waals surface area contributed by atoms with Crippen LogP contribution in [0.15, 0.2) is 24.3 Å². The molecule has 0 heterocycles. The molecule has 104 valence electrons. The van der Waals surface area contributed by atoms with E-state index in [4.69, 9.17) is 10.5 Å². The molecule has 0 spiro atoms. The number of carbonyl (C=O) groups is 1. The zero-order valence-electron chi connectivity index (χ0n) is 11.6. The topological polar surface area (TPSA) is 64.3 Å². The van der Waals surface area contributed by atoms with E-state index in [0.29, 0.717) is 6.61 Å². The van der Waals surface area contributed by atoms with Crippen molar-refractivity contribution >= 4 is 5.91 Å². The van der Waals surface area contributed by atoms with Crippen LogP contribution < -0.4 is 15.8 Å². The highest BCUT2D eigenvalue weighted by Crippen LogP contribution is 2.29. The van der Waals surface area contributed by atoms with Crippen LogP contribution in [0.25, 0.3) is 0 Å². The molecule has 0 bridgehead atoms. The second-order valence-corrected chi connectivity index (χ2v) is 5.51. The zero-order valence-corrected chi connectivity index (χ0v) is 11.6. The predicted octanol–water partition coefficient (Wildman–Crippen LogP) is 1.76. The van der Waals surface area contributed by atoms with Crippen molar-refractivity contribution in [2.45, 2.75) is 44.7 Å². The van der Waals surface area contributed by atoms with Crippen molar-refractivity contribution in [2.24, 2.45) is 5.73 Å². The fourth-order valence-electron chi connectivity index (χ4n) is 2.05. The molecule has 4 nitrogen and oxygen atoms in total. The quantitative estimate of drug-likeness (QED) is 0.850. The average molecular weight is 262 g/mol. The van der Waals surface area contributed by atoms with Gasteiger partial charge in [0.1, 0.15) is 12.4 Å². The lowest BCUT2D eigenvalue weighted by molar-refractivity contribution is -0.130. The second kappa shape index (κ2) is 5.61. The lowest BCUT2D eigenvalue weighted by Gasteiger charge is -2.37. The standard InChI is InChI=1S/C15H22N2O2/c1-11-4-6-13(7-5-11)19-10-12(2)17-14(18)15(16)8-3-9-15/h4-7,12H,3,8-10,16H2,1-2H3,(H,17,18). The minimum atomic E-state index is -0.641. The average Bonchev–Trinajstić information content (AvgIpc) is 2.35. The van der Waals surface area contributed by atoms with E-state index >= 15 is 0 Å². The number of carbonyl (C=O) groups excluding carboxylic acids is 1. The number of nitrogens with one attached hydrogen (secondary N) is 1. The molecule has 1 fully saturated rings. The highest BCUT2D eigenvalue weighted by molar-refractivity contribution is 5.87. The van der Waals surface area contributed by atoms with Gasteiger partial charge in [0.05, 0.1) is 11.6 Å². The first-order chi connectivity index (χ1) is 8.99. The van der Waals surface area contributed by atoms with E-state index in [1.165, 1.54) is 5.56 Å². The summed E-state index contributed by atoms with van der Waals surface area (Å²) in [4.78, 5) is 11.9. The van der Waals surface area contributed by atoms with Crippen molar-refractivity contribution < 1.29 is 9.53 Å². The van der Waals surface area contributed by atoms with Gasteiger partial charge in [-0.15, -0.1) is 0 Å². The van der Waals surface area contributed by atoms with Gasteiger partial charge < -0.3 is 15.8 Å². The van der Waals surface area contributed by atoms with E-state index in [0.717, 1.165) is 25.0 Å². The Kier molecular flexibility index (Phi) is 4.10. The lowest BCUT2D eigenvalue weighted by atomic mass is 9.77. The molecule has 1 unspecified atom stereocenters. The van der Waals surface area contributed by atoms with Crippen LogP contribution in [0.4, 0.5) is 0 Å². The predicted molar refractivity (Wildman–Crippen MR) is 75.0 cm³/mol. The van der Waals surface area contributed by atoms with E-state index < -0.39 is 5.54 Å². The minimum absolute atomic E-state index is 0.0465. The van der Waals surface area contributed by atoms with Crippen LogP contribution in [0.5, 0.6) is 5.75 Å². The number of ether oxygens (including phenoxy) is 1. The summed E-state index contributed by atoms with van der Waals surface area (Å²) in [7, 11) is 0. The van der Waals surface area contributed by atoms with E-state index in [-0.39, 0.29) is 11.9 Å². The number of hydrogen-bond donors (Lipinski definition) is 2. The van der Waals surface area contributed by atoms with Crippen molar-refractivity contribution in [3.05, 3.63) is 29.8 Å². The summed E-state index contributed by atoms with van der Waals surface area (Å²) >= 11 is 0. The van der Waals surface area contributed by atoms with Crippen LogP contribution in [0.3, 0.4) is 0 Å². The summed E-state index contributed by atoms with van der Waals surface area (Å²) in [5, 5.41) is 2.92. The lowest BCUT2D eigenvalue weighted by Crippen LogP contribution is -2.60. The Balaban J connectivity index is 1.76. The van der Waals surface area contributed by atoms with Gasteiger partial charge in [0.25, 0.3) is 0 Å². The maximum atomic E-state index is 11.9. The first kappa shape index (κ1) is 13.9. The molecule has 1 atom stereocenters.